The largest absolute Gasteiger partial charge is 0.466 e. The van der Waals surface area contributed by atoms with Gasteiger partial charge in [-0.05, 0) is 24.5 Å². The molecule has 0 bridgehead atoms. The zero-order chi connectivity index (χ0) is 22.0. The van der Waals surface area contributed by atoms with Gasteiger partial charge in [-0.1, -0.05) is 67.6 Å². The van der Waals surface area contributed by atoms with Crippen molar-refractivity contribution in [3.63, 3.8) is 0 Å². The molecule has 0 saturated carbocycles. The number of aliphatic hydroxyl groups excluding tert-OH is 1. The fraction of sp³-hybridized carbons (Fsp3) is 0.440. The maximum atomic E-state index is 13.7. The van der Waals surface area contributed by atoms with Crippen molar-refractivity contribution in [2.75, 3.05) is 13.2 Å². The van der Waals surface area contributed by atoms with Gasteiger partial charge in [0.05, 0.1) is 31.3 Å². The van der Waals surface area contributed by atoms with Gasteiger partial charge in [0.25, 0.3) is 0 Å². The topological polar surface area (TPSA) is 76.1 Å². The van der Waals surface area contributed by atoms with Crippen LogP contribution in [0.4, 0.5) is 0 Å². The van der Waals surface area contributed by atoms with Gasteiger partial charge in [-0.3, -0.25) is 9.59 Å². The number of hydrogen-bond donors (Lipinski definition) is 1. The van der Waals surface area contributed by atoms with E-state index in [1.165, 1.54) is 0 Å². The zero-order valence-electron chi connectivity index (χ0n) is 17.9. The molecule has 2 aliphatic rings. The smallest absolute Gasteiger partial charge is 0.307 e. The Morgan fingerprint density at radius 2 is 1.68 bits per heavy atom. The highest BCUT2D eigenvalue weighted by atomic mass is 16.5. The molecule has 0 aliphatic carbocycles. The van der Waals surface area contributed by atoms with Crippen molar-refractivity contribution in [1.29, 1.82) is 0 Å². The molecule has 6 nitrogen and oxygen atoms in total. The van der Waals surface area contributed by atoms with Crippen LogP contribution in [0.2, 0.25) is 0 Å². The lowest BCUT2D eigenvalue weighted by atomic mass is 9.60. The lowest BCUT2D eigenvalue weighted by molar-refractivity contribution is -0.193. The number of amides is 1. The molecule has 1 amide bonds. The molecule has 2 saturated heterocycles. The van der Waals surface area contributed by atoms with Crippen LogP contribution in [0.1, 0.15) is 50.0 Å². The third kappa shape index (κ3) is 3.44. The second-order valence-electron chi connectivity index (χ2n) is 8.12. The molecule has 4 rings (SSSR count). The Labute approximate surface area is 182 Å². The molecule has 164 valence electrons. The molecule has 0 aromatic heterocycles. The number of esters is 1. The summed E-state index contributed by atoms with van der Waals surface area (Å²) < 4.78 is 11.4. The van der Waals surface area contributed by atoms with E-state index in [0.717, 1.165) is 11.1 Å². The second kappa shape index (κ2) is 8.81. The summed E-state index contributed by atoms with van der Waals surface area (Å²) in [5.74, 6) is -0.514. The molecule has 2 aromatic carbocycles. The van der Waals surface area contributed by atoms with Gasteiger partial charge in [0.2, 0.25) is 5.91 Å². The number of likely N-dealkylation sites (tertiary alicyclic amines) is 1. The quantitative estimate of drug-likeness (QED) is 0.546. The molecule has 2 aliphatic heterocycles. The minimum Gasteiger partial charge on any atom is -0.466 e. The lowest BCUT2D eigenvalue weighted by Crippen LogP contribution is -2.69. The van der Waals surface area contributed by atoms with E-state index in [0.29, 0.717) is 13.0 Å². The average Bonchev–Trinajstić information content (AvgIpc) is 3.11. The van der Waals surface area contributed by atoms with E-state index >= 15 is 0 Å². The van der Waals surface area contributed by atoms with Gasteiger partial charge in [0, 0.05) is 6.54 Å². The molecule has 0 unspecified atom stereocenters. The highest BCUT2D eigenvalue weighted by molar-refractivity contribution is 5.93. The van der Waals surface area contributed by atoms with Crippen molar-refractivity contribution in [3.8, 4) is 0 Å². The summed E-state index contributed by atoms with van der Waals surface area (Å²) >= 11 is 0. The first-order valence-corrected chi connectivity index (χ1v) is 11.0. The molecule has 2 aromatic rings. The summed E-state index contributed by atoms with van der Waals surface area (Å²) in [6.45, 7) is 4.26. The number of ether oxygens (including phenoxy) is 2. The van der Waals surface area contributed by atoms with Gasteiger partial charge in [-0.15, -0.1) is 0 Å². The number of hydrogen-bond acceptors (Lipinski definition) is 5. The van der Waals surface area contributed by atoms with Crippen LogP contribution in [0.25, 0.3) is 0 Å². The van der Waals surface area contributed by atoms with Gasteiger partial charge in [-0.2, -0.15) is 0 Å². The number of benzene rings is 2. The first kappa shape index (κ1) is 21.5. The monoisotopic (exact) mass is 423 g/mol. The molecular weight excluding hydrogens is 394 g/mol. The summed E-state index contributed by atoms with van der Waals surface area (Å²) in [4.78, 5) is 27.4. The van der Waals surface area contributed by atoms with Crippen LogP contribution in [0.3, 0.4) is 0 Å². The lowest BCUT2D eigenvalue weighted by Gasteiger charge is -2.57. The number of aliphatic hydroxyl groups is 1. The minimum atomic E-state index is -1.13. The summed E-state index contributed by atoms with van der Waals surface area (Å²) in [7, 11) is 0. The highest BCUT2D eigenvalue weighted by Gasteiger charge is 2.73. The number of carbonyl (C=O) groups is 2. The van der Waals surface area contributed by atoms with Crippen molar-refractivity contribution in [3.05, 3.63) is 71.8 Å². The third-order valence-electron chi connectivity index (χ3n) is 6.46. The van der Waals surface area contributed by atoms with Crippen molar-refractivity contribution >= 4 is 11.9 Å². The summed E-state index contributed by atoms with van der Waals surface area (Å²) in [6.07, 6.45) is -1.23. The summed E-state index contributed by atoms with van der Waals surface area (Å²) in [5, 5.41) is 11.4. The highest BCUT2D eigenvalue weighted by Crippen LogP contribution is 2.64. The SMILES string of the molecule is CCOC(=O)CCN1C(=O)[C@]2([C@@H](c3ccccc3)O[C@H](CC)[C@H]2O)[C@H]1c1ccccc1. The van der Waals surface area contributed by atoms with Crippen LogP contribution in [0.15, 0.2) is 60.7 Å². The maximum Gasteiger partial charge on any atom is 0.307 e. The third-order valence-corrected chi connectivity index (χ3v) is 6.46. The Kier molecular flexibility index (Phi) is 6.12. The Hall–Kier alpha value is -2.70. The second-order valence-corrected chi connectivity index (χ2v) is 8.12. The van der Waals surface area contributed by atoms with E-state index in [4.69, 9.17) is 9.47 Å². The fourth-order valence-electron chi connectivity index (χ4n) is 5.11. The Balaban J connectivity index is 1.76. The maximum absolute atomic E-state index is 13.7. The van der Waals surface area contributed by atoms with Gasteiger partial charge in [-0.25, -0.2) is 0 Å². The molecule has 1 N–H and O–H groups in total. The number of β-lactam (4-membered cyclic amide) rings is 1. The van der Waals surface area contributed by atoms with Crippen LogP contribution in [-0.4, -0.2) is 47.2 Å². The van der Waals surface area contributed by atoms with Crippen LogP contribution < -0.4 is 0 Å². The molecule has 2 heterocycles. The van der Waals surface area contributed by atoms with Crippen molar-refractivity contribution < 1.29 is 24.2 Å². The fourth-order valence-corrected chi connectivity index (χ4v) is 5.11. The van der Waals surface area contributed by atoms with Crippen LogP contribution in [0.5, 0.6) is 0 Å². The van der Waals surface area contributed by atoms with Crippen LogP contribution in [-0.2, 0) is 19.1 Å². The first-order valence-electron chi connectivity index (χ1n) is 11.0. The Bertz CT molecular complexity index is 918. The van der Waals surface area contributed by atoms with Crippen molar-refractivity contribution in [2.45, 2.75) is 51.0 Å². The zero-order valence-corrected chi connectivity index (χ0v) is 17.9. The molecule has 0 radical (unpaired) electrons. The van der Waals surface area contributed by atoms with Gasteiger partial charge in [0.1, 0.15) is 11.5 Å². The molecule has 1 spiro atoms. The molecule has 5 atom stereocenters. The predicted octanol–water partition coefficient (Wildman–Crippen LogP) is 3.42. The number of carbonyl (C=O) groups excluding carboxylic acids is 2. The van der Waals surface area contributed by atoms with Gasteiger partial charge >= 0.3 is 5.97 Å². The van der Waals surface area contributed by atoms with Gasteiger partial charge in [0.15, 0.2) is 0 Å². The standard InChI is InChI=1S/C25H29NO5/c1-3-19-22(28)25(23(31-19)18-13-9-6-10-14-18)21(17-11-7-5-8-12-17)26(24(25)29)16-15-20(27)30-4-2/h5-14,19,21-23,28H,3-4,15-16H2,1-2H3/t19-,21-,22-,23-,25-/m1/s1. The van der Waals surface area contributed by atoms with E-state index in [9.17, 15) is 14.7 Å². The molecule has 31 heavy (non-hydrogen) atoms. The minimum absolute atomic E-state index is 0.114. The summed E-state index contributed by atoms with van der Waals surface area (Å²) in [5.41, 5.74) is 0.668. The molecule has 2 fully saturated rings. The molecular formula is C25H29NO5. The van der Waals surface area contributed by atoms with Crippen molar-refractivity contribution in [2.24, 2.45) is 5.41 Å². The van der Waals surface area contributed by atoms with Crippen LogP contribution in [0, 0.1) is 5.41 Å². The number of nitrogens with zero attached hydrogens (tertiary/aromatic N) is 1. The summed E-state index contributed by atoms with van der Waals surface area (Å²) in [6, 6.07) is 18.9. The van der Waals surface area contributed by atoms with E-state index in [-0.39, 0.29) is 24.8 Å². The van der Waals surface area contributed by atoms with E-state index in [1.807, 2.05) is 67.6 Å². The van der Waals surface area contributed by atoms with Crippen molar-refractivity contribution in [1.82, 2.24) is 4.90 Å². The average molecular weight is 424 g/mol. The number of rotatable bonds is 7. The first-order chi connectivity index (χ1) is 15.1. The van der Waals surface area contributed by atoms with E-state index < -0.39 is 29.8 Å². The van der Waals surface area contributed by atoms with E-state index in [1.54, 1.807) is 11.8 Å². The Morgan fingerprint density at radius 3 is 2.26 bits per heavy atom. The predicted molar refractivity (Wildman–Crippen MR) is 115 cm³/mol. The Morgan fingerprint density at radius 1 is 1.06 bits per heavy atom. The van der Waals surface area contributed by atoms with E-state index in [2.05, 4.69) is 0 Å². The normalized spacial score (nSPS) is 29.8. The molecule has 6 heteroatoms. The van der Waals surface area contributed by atoms with Crippen LogP contribution >= 0.6 is 0 Å². The van der Waals surface area contributed by atoms with Gasteiger partial charge < -0.3 is 19.5 Å².